The lowest BCUT2D eigenvalue weighted by atomic mass is 10.2. The van der Waals surface area contributed by atoms with Gasteiger partial charge >= 0.3 is 5.97 Å². The van der Waals surface area contributed by atoms with Crippen molar-refractivity contribution < 1.29 is 23.5 Å². The molecule has 24 heavy (non-hydrogen) atoms. The van der Waals surface area contributed by atoms with Gasteiger partial charge in [0.25, 0.3) is 5.91 Å². The number of methoxy groups -OCH3 is 1. The molecule has 1 N–H and O–H groups in total. The highest BCUT2D eigenvalue weighted by atomic mass is 35.5. The first-order valence-corrected chi connectivity index (χ1v) is 7.39. The van der Waals surface area contributed by atoms with Crippen LogP contribution >= 0.6 is 11.6 Å². The molecule has 126 valence electrons. The van der Waals surface area contributed by atoms with Gasteiger partial charge in [0.2, 0.25) is 0 Å². The first-order valence-electron chi connectivity index (χ1n) is 7.01. The number of halogens is 2. The molecule has 0 fully saturated rings. The highest BCUT2D eigenvalue weighted by molar-refractivity contribution is 6.30. The summed E-state index contributed by atoms with van der Waals surface area (Å²) in [7, 11) is 1.38. The molecule has 7 heteroatoms. The van der Waals surface area contributed by atoms with Gasteiger partial charge in [0.15, 0.2) is 6.10 Å². The zero-order chi connectivity index (χ0) is 17.7. The molecule has 2 rings (SSSR count). The van der Waals surface area contributed by atoms with E-state index in [9.17, 15) is 14.0 Å². The summed E-state index contributed by atoms with van der Waals surface area (Å²) in [6.07, 6.45) is -1.10. The van der Waals surface area contributed by atoms with Crippen molar-refractivity contribution in [3.05, 3.63) is 58.9 Å². The summed E-state index contributed by atoms with van der Waals surface area (Å²) in [5.74, 6) is -1.99. The summed E-state index contributed by atoms with van der Waals surface area (Å²) >= 11 is 5.76. The summed E-state index contributed by atoms with van der Waals surface area (Å²) in [4.78, 5) is 24.0. The highest BCUT2D eigenvalue weighted by Crippen LogP contribution is 2.18. The van der Waals surface area contributed by atoms with Crippen molar-refractivity contribution in [3.8, 4) is 5.75 Å². The van der Waals surface area contributed by atoms with E-state index in [0.717, 1.165) is 6.07 Å². The van der Waals surface area contributed by atoms with Crippen molar-refractivity contribution in [2.24, 2.45) is 0 Å². The predicted octanol–water partition coefficient (Wildman–Crippen LogP) is 3.67. The Bertz CT molecular complexity index is 749. The zero-order valence-corrected chi connectivity index (χ0v) is 13.8. The monoisotopic (exact) mass is 351 g/mol. The smallest absolute Gasteiger partial charge is 0.341 e. The Kier molecular flexibility index (Phi) is 5.76. The number of esters is 1. The van der Waals surface area contributed by atoms with Crippen LogP contribution in [0.4, 0.5) is 10.1 Å². The third kappa shape index (κ3) is 4.45. The third-order valence-electron chi connectivity index (χ3n) is 3.16. The van der Waals surface area contributed by atoms with E-state index in [-0.39, 0.29) is 11.3 Å². The molecule has 0 aliphatic carbocycles. The Hall–Kier alpha value is -2.60. The fourth-order valence-electron chi connectivity index (χ4n) is 1.84. The normalized spacial score (nSPS) is 11.5. The number of hydrogen-bond acceptors (Lipinski definition) is 4. The van der Waals surface area contributed by atoms with Crippen LogP contribution < -0.4 is 10.1 Å². The van der Waals surface area contributed by atoms with Gasteiger partial charge < -0.3 is 14.8 Å². The molecule has 2 aromatic carbocycles. The van der Waals surface area contributed by atoms with Crippen LogP contribution in [0.15, 0.2) is 42.5 Å². The van der Waals surface area contributed by atoms with E-state index >= 15 is 0 Å². The van der Waals surface area contributed by atoms with Crippen molar-refractivity contribution in [1.29, 1.82) is 0 Å². The predicted molar refractivity (Wildman–Crippen MR) is 87.9 cm³/mol. The van der Waals surface area contributed by atoms with E-state index in [0.29, 0.717) is 10.7 Å². The van der Waals surface area contributed by atoms with Crippen LogP contribution in [-0.4, -0.2) is 25.1 Å². The minimum atomic E-state index is -1.10. The summed E-state index contributed by atoms with van der Waals surface area (Å²) < 4.78 is 23.7. The van der Waals surface area contributed by atoms with Crippen molar-refractivity contribution in [2.45, 2.75) is 13.0 Å². The summed E-state index contributed by atoms with van der Waals surface area (Å²) in [5, 5.41) is 3.10. The van der Waals surface area contributed by atoms with E-state index < -0.39 is 23.8 Å². The lowest BCUT2D eigenvalue weighted by Gasteiger charge is -2.14. The number of rotatable bonds is 5. The van der Waals surface area contributed by atoms with Crippen LogP contribution in [0.25, 0.3) is 0 Å². The van der Waals surface area contributed by atoms with Crippen molar-refractivity contribution in [1.82, 2.24) is 0 Å². The maximum Gasteiger partial charge on any atom is 0.341 e. The number of benzene rings is 2. The number of hydrogen-bond donors (Lipinski definition) is 1. The standard InChI is InChI=1S/C17H15ClFNO4/c1-10(16(21)20-12-5-3-11(18)4-6-12)24-17(22)14-8-7-13(23-2)9-15(14)19/h3-10H,1-2H3,(H,20,21). The van der Waals surface area contributed by atoms with E-state index in [1.807, 2.05) is 0 Å². The molecule has 0 radical (unpaired) electrons. The van der Waals surface area contributed by atoms with Crippen LogP contribution in [0.1, 0.15) is 17.3 Å². The van der Waals surface area contributed by atoms with Crippen molar-refractivity contribution in [2.75, 3.05) is 12.4 Å². The van der Waals surface area contributed by atoms with Crippen LogP contribution in [0.3, 0.4) is 0 Å². The lowest BCUT2D eigenvalue weighted by molar-refractivity contribution is -0.123. The van der Waals surface area contributed by atoms with Gasteiger partial charge in [0, 0.05) is 16.8 Å². The van der Waals surface area contributed by atoms with Crippen LogP contribution in [0.2, 0.25) is 5.02 Å². The lowest BCUT2D eigenvalue weighted by Crippen LogP contribution is -2.30. The Labute approximate surface area is 143 Å². The molecule has 0 saturated carbocycles. The van der Waals surface area contributed by atoms with Crippen LogP contribution in [0.5, 0.6) is 5.75 Å². The molecule has 0 saturated heterocycles. The van der Waals surface area contributed by atoms with E-state index in [2.05, 4.69) is 5.32 Å². The Morgan fingerprint density at radius 2 is 1.83 bits per heavy atom. The first kappa shape index (κ1) is 17.7. The van der Waals surface area contributed by atoms with Crippen LogP contribution in [-0.2, 0) is 9.53 Å². The molecule has 1 unspecified atom stereocenters. The SMILES string of the molecule is COc1ccc(C(=O)OC(C)C(=O)Nc2ccc(Cl)cc2)c(F)c1. The second-order valence-electron chi connectivity index (χ2n) is 4.89. The number of anilines is 1. The molecule has 0 spiro atoms. The number of ether oxygens (including phenoxy) is 2. The number of nitrogens with one attached hydrogen (secondary N) is 1. The van der Waals surface area contributed by atoms with Gasteiger partial charge in [0.05, 0.1) is 12.7 Å². The molecule has 0 aromatic heterocycles. The average molecular weight is 352 g/mol. The zero-order valence-electron chi connectivity index (χ0n) is 13.0. The van der Waals surface area contributed by atoms with E-state index in [1.54, 1.807) is 24.3 Å². The van der Waals surface area contributed by atoms with Crippen molar-refractivity contribution in [3.63, 3.8) is 0 Å². The second-order valence-corrected chi connectivity index (χ2v) is 5.33. The van der Waals surface area contributed by atoms with Gasteiger partial charge in [-0.05, 0) is 43.3 Å². The molecular formula is C17H15ClFNO4. The van der Waals surface area contributed by atoms with Crippen LogP contribution in [0, 0.1) is 5.82 Å². The molecule has 1 atom stereocenters. The molecule has 2 aromatic rings. The summed E-state index contributed by atoms with van der Waals surface area (Å²) in [6, 6.07) is 10.2. The van der Waals surface area contributed by atoms with E-state index in [1.165, 1.54) is 26.2 Å². The molecular weight excluding hydrogens is 337 g/mol. The van der Waals surface area contributed by atoms with E-state index in [4.69, 9.17) is 21.1 Å². The average Bonchev–Trinajstić information content (AvgIpc) is 2.56. The number of carbonyl (C=O) groups excluding carboxylic acids is 2. The maximum atomic E-state index is 13.8. The minimum absolute atomic E-state index is 0.276. The van der Waals surface area contributed by atoms with Gasteiger partial charge in [-0.25, -0.2) is 9.18 Å². The third-order valence-corrected chi connectivity index (χ3v) is 3.41. The molecule has 0 aliphatic rings. The second kappa shape index (κ2) is 7.79. The number of amides is 1. The molecule has 0 bridgehead atoms. The quantitative estimate of drug-likeness (QED) is 0.835. The summed E-state index contributed by atoms with van der Waals surface area (Å²) in [5.41, 5.74) is 0.227. The highest BCUT2D eigenvalue weighted by Gasteiger charge is 2.21. The Balaban J connectivity index is 2.00. The maximum absolute atomic E-state index is 13.8. The first-order chi connectivity index (χ1) is 11.4. The van der Waals surface area contributed by atoms with Gasteiger partial charge in [-0.2, -0.15) is 0 Å². The fourth-order valence-corrected chi connectivity index (χ4v) is 1.97. The topological polar surface area (TPSA) is 64.6 Å². The molecule has 1 amide bonds. The largest absolute Gasteiger partial charge is 0.497 e. The van der Waals surface area contributed by atoms with Crippen molar-refractivity contribution >= 4 is 29.2 Å². The van der Waals surface area contributed by atoms with Gasteiger partial charge in [0.1, 0.15) is 11.6 Å². The van der Waals surface area contributed by atoms with Gasteiger partial charge in [-0.15, -0.1) is 0 Å². The molecule has 0 aliphatic heterocycles. The Morgan fingerprint density at radius 1 is 1.17 bits per heavy atom. The molecule has 5 nitrogen and oxygen atoms in total. The molecule has 0 heterocycles. The Morgan fingerprint density at radius 3 is 2.42 bits per heavy atom. The number of carbonyl (C=O) groups is 2. The summed E-state index contributed by atoms with van der Waals surface area (Å²) in [6.45, 7) is 1.39. The van der Waals surface area contributed by atoms with Gasteiger partial charge in [-0.1, -0.05) is 11.6 Å². The van der Waals surface area contributed by atoms with Gasteiger partial charge in [-0.3, -0.25) is 4.79 Å². The minimum Gasteiger partial charge on any atom is -0.497 e. The fraction of sp³-hybridized carbons (Fsp3) is 0.176.